The number of piperazine rings is 1. The summed E-state index contributed by atoms with van der Waals surface area (Å²) in [6.45, 7) is 9.77. The zero-order chi connectivity index (χ0) is 21.1. The van der Waals surface area contributed by atoms with Gasteiger partial charge in [0, 0.05) is 36.0 Å². The van der Waals surface area contributed by atoms with Crippen molar-refractivity contribution in [3.63, 3.8) is 0 Å². The molecule has 2 heterocycles. The maximum Gasteiger partial charge on any atom is 0.416 e. The van der Waals surface area contributed by atoms with E-state index in [4.69, 9.17) is 0 Å². The molecule has 2 aromatic carbocycles. The van der Waals surface area contributed by atoms with Gasteiger partial charge in [-0.3, -0.25) is 4.90 Å². The minimum atomic E-state index is -4.33. The number of rotatable bonds is 6. The van der Waals surface area contributed by atoms with E-state index in [1.54, 1.807) is 22.7 Å². The fourth-order valence-electron chi connectivity index (χ4n) is 4.40. The average Bonchev–Trinajstić information content (AvgIpc) is 2.73. The van der Waals surface area contributed by atoms with Gasteiger partial charge in [-0.1, -0.05) is 30.8 Å². The van der Waals surface area contributed by atoms with Gasteiger partial charge in [-0.05, 0) is 43.2 Å². The van der Waals surface area contributed by atoms with Crippen molar-refractivity contribution in [1.29, 1.82) is 0 Å². The Hall–Kier alpha value is -1.70. The van der Waals surface area contributed by atoms with Gasteiger partial charge in [-0.2, -0.15) is 13.2 Å². The topological polar surface area (TPSA) is 10.9 Å². The summed E-state index contributed by atoms with van der Waals surface area (Å²) in [6.07, 6.45) is -2.18. The molecule has 4 rings (SSSR count). The van der Waals surface area contributed by atoms with Crippen LogP contribution in [0.25, 0.3) is 0 Å². The number of hydrogen-bond acceptors (Lipinski definition) is 3. The van der Waals surface area contributed by atoms with Crippen molar-refractivity contribution < 1.29 is 18.1 Å². The van der Waals surface area contributed by atoms with Crippen LogP contribution in [0.2, 0.25) is 0 Å². The molecule has 0 amide bonds. The van der Waals surface area contributed by atoms with Crippen LogP contribution in [-0.4, -0.2) is 50.7 Å². The number of quaternary nitrogens is 1. The van der Waals surface area contributed by atoms with Gasteiger partial charge in [-0.25, -0.2) is 0 Å². The highest BCUT2D eigenvalue weighted by atomic mass is 32.2. The summed E-state index contributed by atoms with van der Waals surface area (Å²) >= 11 is 1.55. The third-order valence-electron chi connectivity index (χ3n) is 5.98. The molecule has 0 bridgehead atoms. The molecule has 0 spiro atoms. The van der Waals surface area contributed by atoms with Crippen LogP contribution >= 0.6 is 11.8 Å². The molecular formula is C23H29F3N3S+. The predicted octanol–water partition coefficient (Wildman–Crippen LogP) is 4.31. The number of anilines is 2. The Labute approximate surface area is 180 Å². The van der Waals surface area contributed by atoms with E-state index in [2.05, 4.69) is 16.7 Å². The first-order valence-electron chi connectivity index (χ1n) is 10.8. The quantitative estimate of drug-likeness (QED) is 0.724. The van der Waals surface area contributed by atoms with E-state index < -0.39 is 11.7 Å². The second-order valence-electron chi connectivity index (χ2n) is 8.10. The van der Waals surface area contributed by atoms with E-state index in [0.29, 0.717) is 12.2 Å². The molecule has 0 aliphatic carbocycles. The van der Waals surface area contributed by atoms with Crippen molar-refractivity contribution in [3.8, 4) is 0 Å². The zero-order valence-corrected chi connectivity index (χ0v) is 18.2. The molecule has 0 unspecified atom stereocenters. The summed E-state index contributed by atoms with van der Waals surface area (Å²) in [6, 6.07) is 12.1. The first-order valence-corrected chi connectivity index (χ1v) is 11.6. The molecule has 162 valence electrons. The largest absolute Gasteiger partial charge is 0.416 e. The lowest BCUT2D eigenvalue weighted by Gasteiger charge is -2.35. The number of benzene rings is 2. The van der Waals surface area contributed by atoms with Crippen molar-refractivity contribution in [1.82, 2.24) is 4.90 Å². The predicted molar refractivity (Wildman–Crippen MR) is 116 cm³/mol. The lowest BCUT2D eigenvalue weighted by molar-refractivity contribution is -0.904. The highest BCUT2D eigenvalue weighted by molar-refractivity contribution is 7.99. The summed E-state index contributed by atoms with van der Waals surface area (Å²) in [7, 11) is 0. The lowest BCUT2D eigenvalue weighted by Crippen LogP contribution is -3.14. The Balaban J connectivity index is 1.47. The summed E-state index contributed by atoms with van der Waals surface area (Å²) in [5, 5.41) is 0. The Morgan fingerprint density at radius 2 is 1.70 bits per heavy atom. The number of halogens is 3. The van der Waals surface area contributed by atoms with Crippen LogP contribution in [0.4, 0.5) is 24.5 Å². The zero-order valence-electron chi connectivity index (χ0n) is 17.3. The second-order valence-corrected chi connectivity index (χ2v) is 9.18. The number of para-hydroxylation sites is 1. The van der Waals surface area contributed by atoms with E-state index in [1.165, 1.54) is 38.2 Å². The molecule has 2 aliphatic rings. The maximum atomic E-state index is 13.3. The van der Waals surface area contributed by atoms with Crippen molar-refractivity contribution in [2.45, 2.75) is 35.7 Å². The van der Waals surface area contributed by atoms with Gasteiger partial charge in [0.1, 0.15) is 0 Å². The van der Waals surface area contributed by atoms with Crippen LogP contribution in [0, 0.1) is 0 Å². The van der Waals surface area contributed by atoms with E-state index in [1.807, 2.05) is 24.3 Å². The fourth-order valence-corrected chi connectivity index (χ4v) is 5.47. The first kappa shape index (κ1) is 21.5. The molecule has 3 nitrogen and oxygen atoms in total. The number of alkyl halides is 3. The molecule has 2 aliphatic heterocycles. The smallest absolute Gasteiger partial charge is 0.340 e. The van der Waals surface area contributed by atoms with Crippen LogP contribution in [0.3, 0.4) is 0 Å². The minimum absolute atomic E-state index is 0.582. The van der Waals surface area contributed by atoms with Crippen LogP contribution in [-0.2, 0) is 6.18 Å². The highest BCUT2D eigenvalue weighted by Gasteiger charge is 2.33. The van der Waals surface area contributed by atoms with Crippen LogP contribution in [0.5, 0.6) is 0 Å². The molecule has 0 saturated carbocycles. The maximum absolute atomic E-state index is 13.3. The van der Waals surface area contributed by atoms with Gasteiger partial charge >= 0.3 is 6.18 Å². The Morgan fingerprint density at radius 3 is 2.43 bits per heavy atom. The number of nitrogens with one attached hydrogen (secondary N) is 1. The molecule has 30 heavy (non-hydrogen) atoms. The third-order valence-corrected chi connectivity index (χ3v) is 7.11. The van der Waals surface area contributed by atoms with Gasteiger partial charge in [0.2, 0.25) is 0 Å². The van der Waals surface area contributed by atoms with E-state index in [0.717, 1.165) is 41.5 Å². The Bertz CT molecular complexity index is 863. The summed E-state index contributed by atoms with van der Waals surface area (Å²) in [5.74, 6) is 0. The fraction of sp³-hybridized carbons (Fsp3) is 0.478. The SMILES string of the molecule is CCC[NH+]1CCN(CCCN2c3ccccc3Sc3ccc(C(F)(F)F)cc32)CC1. The van der Waals surface area contributed by atoms with Gasteiger partial charge in [-0.15, -0.1) is 0 Å². The Kier molecular flexibility index (Phi) is 6.60. The molecule has 2 aromatic rings. The molecule has 0 aromatic heterocycles. The number of fused-ring (bicyclic) bond motifs is 2. The van der Waals surface area contributed by atoms with Crippen molar-refractivity contribution >= 4 is 23.1 Å². The van der Waals surface area contributed by atoms with Crippen molar-refractivity contribution in [3.05, 3.63) is 48.0 Å². The van der Waals surface area contributed by atoms with E-state index in [-0.39, 0.29) is 0 Å². The van der Waals surface area contributed by atoms with Crippen LogP contribution < -0.4 is 9.80 Å². The first-order chi connectivity index (χ1) is 14.5. The number of nitrogens with zero attached hydrogens (tertiary/aromatic N) is 2. The molecule has 0 radical (unpaired) electrons. The Morgan fingerprint density at radius 1 is 0.967 bits per heavy atom. The lowest BCUT2D eigenvalue weighted by atomic mass is 10.1. The van der Waals surface area contributed by atoms with Gasteiger partial charge in [0.25, 0.3) is 0 Å². The normalized spacial score (nSPS) is 17.7. The molecule has 1 N–H and O–H groups in total. The summed E-state index contributed by atoms with van der Waals surface area (Å²) in [5.41, 5.74) is 1.10. The van der Waals surface area contributed by atoms with Crippen molar-refractivity contribution in [2.75, 3.05) is 50.7 Å². The highest BCUT2D eigenvalue weighted by Crippen LogP contribution is 2.49. The van der Waals surface area contributed by atoms with Gasteiger partial charge < -0.3 is 9.80 Å². The average molecular weight is 437 g/mol. The molecule has 0 atom stereocenters. The molecule has 1 saturated heterocycles. The second kappa shape index (κ2) is 9.20. The van der Waals surface area contributed by atoms with Crippen molar-refractivity contribution in [2.24, 2.45) is 0 Å². The summed E-state index contributed by atoms with van der Waals surface area (Å²) in [4.78, 5) is 8.25. The number of hydrogen-bond donors (Lipinski definition) is 1. The molecule has 1 fully saturated rings. The summed E-state index contributed by atoms with van der Waals surface area (Å²) < 4.78 is 40.0. The standard InChI is InChI=1S/C23H28F3N3S/c1-2-10-27-13-15-28(16-14-27)11-5-12-29-19-6-3-4-7-21(19)30-22-9-8-18(17-20(22)29)23(24,25)26/h3-4,6-9,17H,2,5,10-16H2,1H3/p+1. The molecular weight excluding hydrogens is 407 g/mol. The van der Waals surface area contributed by atoms with E-state index >= 15 is 0 Å². The molecule has 7 heteroatoms. The third kappa shape index (κ3) is 4.79. The van der Waals surface area contributed by atoms with Gasteiger partial charge in [0.05, 0.1) is 36.6 Å². The van der Waals surface area contributed by atoms with Crippen LogP contribution in [0.15, 0.2) is 52.3 Å². The van der Waals surface area contributed by atoms with Crippen LogP contribution in [0.1, 0.15) is 25.3 Å². The van der Waals surface area contributed by atoms with E-state index in [9.17, 15) is 13.2 Å². The van der Waals surface area contributed by atoms with Gasteiger partial charge in [0.15, 0.2) is 0 Å². The monoisotopic (exact) mass is 436 g/mol. The minimum Gasteiger partial charge on any atom is -0.340 e.